The molecule has 31 heavy (non-hydrogen) atoms. The van der Waals surface area contributed by atoms with Crippen LogP contribution in [0.5, 0.6) is 0 Å². The molecule has 1 aromatic carbocycles. The molecule has 8 nitrogen and oxygen atoms in total. The van der Waals surface area contributed by atoms with E-state index in [1.807, 2.05) is 30.5 Å². The van der Waals surface area contributed by atoms with Gasteiger partial charge in [-0.05, 0) is 38.1 Å². The number of furan rings is 1. The van der Waals surface area contributed by atoms with Gasteiger partial charge in [0.2, 0.25) is 5.78 Å². The fourth-order valence-corrected chi connectivity index (χ4v) is 3.60. The molecule has 4 aromatic rings. The highest BCUT2D eigenvalue weighted by Gasteiger charge is 2.19. The monoisotopic (exact) mass is 419 g/mol. The Labute approximate surface area is 177 Å². The molecule has 0 spiro atoms. The summed E-state index contributed by atoms with van der Waals surface area (Å²) in [6.45, 7) is 3.90. The topological polar surface area (TPSA) is 107 Å². The van der Waals surface area contributed by atoms with Crippen molar-refractivity contribution < 1.29 is 18.7 Å². The molecule has 0 bridgehead atoms. The Bertz CT molecular complexity index is 1310. The molecule has 0 atom stereocenters. The van der Waals surface area contributed by atoms with E-state index in [2.05, 4.69) is 10.2 Å². The number of H-pyrrole nitrogens is 1. The molecule has 1 N–H and O–H groups in total. The van der Waals surface area contributed by atoms with Gasteiger partial charge in [0.1, 0.15) is 5.76 Å². The number of fused-ring (bicyclic) bond motifs is 1. The van der Waals surface area contributed by atoms with Crippen molar-refractivity contribution in [2.24, 2.45) is 0 Å². The van der Waals surface area contributed by atoms with Crippen LogP contribution in [0.25, 0.3) is 10.8 Å². The lowest BCUT2D eigenvalue weighted by Crippen LogP contribution is -2.18. The second-order valence-electron chi connectivity index (χ2n) is 7.26. The maximum Gasteiger partial charge on any atom is 0.312 e. The van der Waals surface area contributed by atoms with Gasteiger partial charge in [-0.25, -0.2) is 5.10 Å². The second kappa shape index (κ2) is 8.43. The fraction of sp³-hybridized carbons (Fsp3) is 0.217. The molecular formula is C23H21N3O5. The molecule has 158 valence electrons. The Hall–Kier alpha value is -3.94. The maximum absolute atomic E-state index is 12.7. The largest absolute Gasteiger partial charge is 0.467 e. The third-order valence-corrected chi connectivity index (χ3v) is 5.22. The van der Waals surface area contributed by atoms with E-state index in [1.165, 1.54) is 0 Å². The van der Waals surface area contributed by atoms with Gasteiger partial charge in [0, 0.05) is 22.3 Å². The van der Waals surface area contributed by atoms with Crippen LogP contribution in [0.1, 0.15) is 33.2 Å². The Morgan fingerprint density at radius 3 is 2.65 bits per heavy atom. The molecule has 0 fully saturated rings. The number of nitrogens with one attached hydrogen (secondary N) is 1. The third-order valence-electron chi connectivity index (χ3n) is 5.22. The third kappa shape index (κ3) is 4.18. The van der Waals surface area contributed by atoms with E-state index in [0.717, 1.165) is 17.1 Å². The molecule has 0 amide bonds. The van der Waals surface area contributed by atoms with Crippen molar-refractivity contribution in [1.29, 1.82) is 0 Å². The predicted molar refractivity (Wildman–Crippen MR) is 113 cm³/mol. The van der Waals surface area contributed by atoms with Crippen molar-refractivity contribution in [3.05, 3.63) is 87.5 Å². The van der Waals surface area contributed by atoms with Gasteiger partial charge in [0.15, 0.2) is 6.61 Å². The summed E-state index contributed by atoms with van der Waals surface area (Å²) in [4.78, 5) is 36.9. The number of aromatic amines is 1. The number of Topliss-reactive ketones (excluding diaryl/α,β-unsaturated/α-hetero) is 1. The first-order valence-corrected chi connectivity index (χ1v) is 9.78. The van der Waals surface area contributed by atoms with Crippen LogP contribution in [0.15, 0.2) is 57.9 Å². The van der Waals surface area contributed by atoms with E-state index in [0.29, 0.717) is 28.6 Å². The van der Waals surface area contributed by atoms with Crippen LogP contribution in [0.2, 0.25) is 0 Å². The molecule has 0 aliphatic rings. The number of carbonyl (C=O) groups excluding carboxylic acids is 2. The highest BCUT2D eigenvalue weighted by Crippen LogP contribution is 2.18. The van der Waals surface area contributed by atoms with E-state index in [9.17, 15) is 14.4 Å². The minimum Gasteiger partial charge on any atom is -0.467 e. The molecular weight excluding hydrogens is 398 g/mol. The summed E-state index contributed by atoms with van der Waals surface area (Å²) in [7, 11) is 0. The van der Waals surface area contributed by atoms with Crippen molar-refractivity contribution in [1.82, 2.24) is 14.8 Å². The van der Waals surface area contributed by atoms with E-state index < -0.39 is 5.97 Å². The number of hydrogen-bond donors (Lipinski definition) is 1. The molecule has 0 aliphatic carbocycles. The number of esters is 1. The van der Waals surface area contributed by atoms with E-state index >= 15 is 0 Å². The van der Waals surface area contributed by atoms with Gasteiger partial charge in [-0.3, -0.25) is 14.4 Å². The van der Waals surface area contributed by atoms with E-state index in [-0.39, 0.29) is 24.4 Å². The van der Waals surface area contributed by atoms with Crippen molar-refractivity contribution in [3.63, 3.8) is 0 Å². The minimum atomic E-state index is -0.595. The Balaban J connectivity index is 1.43. The summed E-state index contributed by atoms with van der Waals surface area (Å²) in [5.41, 5.74) is 2.26. The van der Waals surface area contributed by atoms with Gasteiger partial charge < -0.3 is 13.7 Å². The number of carbonyl (C=O) groups is 2. The lowest BCUT2D eigenvalue weighted by atomic mass is 10.1. The lowest BCUT2D eigenvalue weighted by molar-refractivity contribution is -0.141. The summed E-state index contributed by atoms with van der Waals surface area (Å²) < 4.78 is 12.6. The number of aryl methyl sites for hydroxylation is 1. The molecule has 4 rings (SSSR count). The van der Waals surface area contributed by atoms with Crippen LogP contribution in [-0.4, -0.2) is 33.1 Å². The van der Waals surface area contributed by atoms with Gasteiger partial charge in [-0.2, -0.15) is 5.10 Å². The van der Waals surface area contributed by atoms with Gasteiger partial charge in [-0.15, -0.1) is 0 Å². The standard InChI is InChI=1S/C23H21N3O5/c1-14-10-19(15(2)26(14)12-16-6-5-9-30-16)21(27)13-31-22(28)11-20-17-7-3-4-8-18(17)23(29)25-24-20/h3-10H,11-13H2,1-2H3,(H,25,29). The van der Waals surface area contributed by atoms with Gasteiger partial charge in [0.25, 0.3) is 5.56 Å². The Morgan fingerprint density at radius 2 is 1.90 bits per heavy atom. The summed E-state index contributed by atoms with van der Waals surface area (Å²) in [5.74, 6) is -0.0956. The van der Waals surface area contributed by atoms with Crippen LogP contribution in [0.3, 0.4) is 0 Å². The van der Waals surface area contributed by atoms with Crippen molar-refractivity contribution in [2.75, 3.05) is 6.61 Å². The van der Waals surface area contributed by atoms with Gasteiger partial charge in [-0.1, -0.05) is 18.2 Å². The summed E-state index contributed by atoms with van der Waals surface area (Å²) in [5, 5.41) is 7.37. The van der Waals surface area contributed by atoms with E-state index in [4.69, 9.17) is 9.15 Å². The number of nitrogens with zero attached hydrogens (tertiary/aromatic N) is 2. The molecule has 3 heterocycles. The summed E-state index contributed by atoms with van der Waals surface area (Å²) in [6, 6.07) is 12.4. The number of aromatic nitrogens is 3. The van der Waals surface area contributed by atoms with Crippen LogP contribution in [0.4, 0.5) is 0 Å². The van der Waals surface area contributed by atoms with Gasteiger partial charge >= 0.3 is 5.97 Å². The molecule has 0 saturated carbocycles. The number of ketones is 1. The number of rotatable bonds is 7. The van der Waals surface area contributed by atoms with Crippen LogP contribution in [0, 0.1) is 13.8 Å². The Kier molecular flexibility index (Phi) is 5.53. The first-order valence-electron chi connectivity index (χ1n) is 9.78. The molecule has 8 heteroatoms. The van der Waals surface area contributed by atoms with Gasteiger partial charge in [0.05, 0.1) is 30.3 Å². The fourth-order valence-electron chi connectivity index (χ4n) is 3.60. The maximum atomic E-state index is 12.7. The second-order valence-corrected chi connectivity index (χ2v) is 7.26. The number of benzene rings is 1. The number of ether oxygens (including phenoxy) is 1. The average molecular weight is 419 g/mol. The normalized spacial score (nSPS) is 11.0. The average Bonchev–Trinajstić information content (AvgIpc) is 3.38. The molecule has 3 aromatic heterocycles. The zero-order valence-electron chi connectivity index (χ0n) is 17.2. The minimum absolute atomic E-state index is 0.151. The highest BCUT2D eigenvalue weighted by atomic mass is 16.5. The highest BCUT2D eigenvalue weighted by molar-refractivity contribution is 5.99. The first-order chi connectivity index (χ1) is 14.9. The lowest BCUT2D eigenvalue weighted by Gasteiger charge is -2.08. The molecule has 0 aliphatic heterocycles. The van der Waals surface area contributed by atoms with Crippen LogP contribution >= 0.6 is 0 Å². The van der Waals surface area contributed by atoms with Crippen molar-refractivity contribution >= 4 is 22.5 Å². The zero-order valence-corrected chi connectivity index (χ0v) is 17.2. The smallest absolute Gasteiger partial charge is 0.312 e. The van der Waals surface area contributed by atoms with Crippen molar-refractivity contribution in [2.45, 2.75) is 26.8 Å². The molecule has 0 unspecified atom stereocenters. The summed E-state index contributed by atoms with van der Waals surface area (Å²) >= 11 is 0. The SMILES string of the molecule is Cc1cc(C(=O)COC(=O)Cc2n[nH]c(=O)c3ccccc23)c(C)n1Cc1ccco1. The molecule has 0 radical (unpaired) electrons. The first kappa shape index (κ1) is 20.3. The summed E-state index contributed by atoms with van der Waals surface area (Å²) in [6.07, 6.45) is 1.46. The molecule has 0 saturated heterocycles. The Morgan fingerprint density at radius 1 is 1.13 bits per heavy atom. The van der Waals surface area contributed by atoms with Crippen molar-refractivity contribution in [3.8, 4) is 0 Å². The van der Waals surface area contributed by atoms with Crippen LogP contribution < -0.4 is 5.56 Å². The number of hydrogen-bond acceptors (Lipinski definition) is 6. The quantitative estimate of drug-likeness (QED) is 0.365. The zero-order chi connectivity index (χ0) is 22.0. The van der Waals surface area contributed by atoms with Crippen LogP contribution in [-0.2, 0) is 22.5 Å². The predicted octanol–water partition coefficient (Wildman–Crippen LogP) is 2.95. The van der Waals surface area contributed by atoms with E-state index in [1.54, 1.807) is 36.6 Å².